The quantitative estimate of drug-likeness (QED) is 0.680. The highest BCUT2D eigenvalue weighted by atomic mass is 19.1. The molecule has 0 aliphatic carbocycles. The molecule has 1 aromatic heterocycles. The summed E-state index contributed by atoms with van der Waals surface area (Å²) in [5, 5.41) is 5.71. The lowest BCUT2D eigenvalue weighted by Gasteiger charge is -2.10. The van der Waals surface area contributed by atoms with Crippen LogP contribution in [0.5, 0.6) is 5.75 Å². The molecular formula is C20H18FN3O2. The minimum atomic E-state index is -0.496. The summed E-state index contributed by atoms with van der Waals surface area (Å²) in [6.07, 6.45) is 1.52. The zero-order valence-corrected chi connectivity index (χ0v) is 14.2. The van der Waals surface area contributed by atoms with E-state index < -0.39 is 11.7 Å². The predicted octanol–water partition coefficient (Wildman–Crippen LogP) is 4.62. The molecule has 3 rings (SSSR count). The summed E-state index contributed by atoms with van der Waals surface area (Å²) in [6, 6.07) is 16.8. The number of rotatable bonds is 6. The predicted molar refractivity (Wildman–Crippen MR) is 99.5 cm³/mol. The van der Waals surface area contributed by atoms with Crippen LogP contribution in [0.3, 0.4) is 0 Å². The maximum atomic E-state index is 13.7. The highest BCUT2D eigenvalue weighted by Crippen LogP contribution is 2.21. The number of para-hydroxylation sites is 1. The summed E-state index contributed by atoms with van der Waals surface area (Å²) < 4.78 is 19.1. The number of pyridine rings is 1. The molecule has 0 spiro atoms. The second-order valence-electron chi connectivity index (χ2n) is 5.45. The van der Waals surface area contributed by atoms with E-state index in [-0.39, 0.29) is 11.4 Å². The van der Waals surface area contributed by atoms with E-state index in [0.717, 1.165) is 11.4 Å². The number of aromatic nitrogens is 1. The number of carbonyl (C=O) groups is 1. The molecule has 26 heavy (non-hydrogen) atoms. The molecule has 2 aromatic carbocycles. The zero-order valence-electron chi connectivity index (χ0n) is 14.2. The zero-order chi connectivity index (χ0) is 18.4. The fraction of sp³-hybridized carbons (Fsp3) is 0.100. The first-order valence-corrected chi connectivity index (χ1v) is 8.17. The van der Waals surface area contributed by atoms with Gasteiger partial charge in [-0.1, -0.05) is 12.1 Å². The van der Waals surface area contributed by atoms with Gasteiger partial charge in [-0.15, -0.1) is 0 Å². The van der Waals surface area contributed by atoms with Crippen molar-refractivity contribution >= 4 is 23.0 Å². The molecule has 5 nitrogen and oxygen atoms in total. The van der Waals surface area contributed by atoms with Crippen LogP contribution in [0.4, 0.5) is 21.5 Å². The van der Waals surface area contributed by atoms with E-state index in [1.807, 2.05) is 31.2 Å². The van der Waals surface area contributed by atoms with Gasteiger partial charge in [0, 0.05) is 17.6 Å². The molecule has 0 saturated carbocycles. The Morgan fingerprint density at radius 3 is 2.58 bits per heavy atom. The lowest BCUT2D eigenvalue weighted by Crippen LogP contribution is -2.14. The minimum Gasteiger partial charge on any atom is -0.494 e. The molecule has 1 amide bonds. The molecule has 132 valence electrons. The monoisotopic (exact) mass is 351 g/mol. The van der Waals surface area contributed by atoms with E-state index in [9.17, 15) is 9.18 Å². The number of nitrogens with one attached hydrogen (secondary N) is 2. The number of ether oxygens (including phenoxy) is 1. The molecule has 0 bridgehead atoms. The summed E-state index contributed by atoms with van der Waals surface area (Å²) in [6.45, 7) is 2.54. The van der Waals surface area contributed by atoms with Crippen LogP contribution in [0, 0.1) is 5.82 Å². The molecule has 3 aromatic rings. The SMILES string of the molecule is CCOc1ccc(Nc2ccnc(C(=O)Nc3ccccc3F)c2)cc1. The van der Waals surface area contributed by atoms with Gasteiger partial charge < -0.3 is 15.4 Å². The van der Waals surface area contributed by atoms with E-state index in [2.05, 4.69) is 15.6 Å². The third-order valence-corrected chi connectivity index (χ3v) is 3.57. The maximum absolute atomic E-state index is 13.7. The minimum absolute atomic E-state index is 0.115. The first-order chi connectivity index (χ1) is 12.7. The van der Waals surface area contributed by atoms with Crippen LogP contribution in [-0.4, -0.2) is 17.5 Å². The van der Waals surface area contributed by atoms with Crippen molar-refractivity contribution in [3.63, 3.8) is 0 Å². The fourth-order valence-corrected chi connectivity index (χ4v) is 2.35. The van der Waals surface area contributed by atoms with E-state index in [1.54, 1.807) is 24.3 Å². The standard InChI is InChI=1S/C20H18FN3O2/c1-2-26-16-9-7-14(8-10-16)23-15-11-12-22-19(13-15)20(25)24-18-6-4-3-5-17(18)21/h3-13H,2H2,1H3,(H,22,23)(H,24,25). The number of halogens is 1. The van der Waals surface area contributed by atoms with Crippen LogP contribution in [0.25, 0.3) is 0 Å². The van der Waals surface area contributed by atoms with Gasteiger partial charge in [0.05, 0.1) is 12.3 Å². The van der Waals surface area contributed by atoms with E-state index in [1.165, 1.54) is 18.3 Å². The van der Waals surface area contributed by atoms with Crippen LogP contribution in [0.15, 0.2) is 66.9 Å². The smallest absolute Gasteiger partial charge is 0.274 e. The summed E-state index contributed by atoms with van der Waals surface area (Å²) in [7, 11) is 0. The van der Waals surface area contributed by atoms with E-state index in [0.29, 0.717) is 12.3 Å². The second kappa shape index (κ2) is 8.11. The average molecular weight is 351 g/mol. The van der Waals surface area contributed by atoms with Crippen molar-refractivity contribution in [2.75, 3.05) is 17.2 Å². The lowest BCUT2D eigenvalue weighted by molar-refractivity contribution is 0.102. The number of carbonyl (C=O) groups excluding carboxylic acids is 1. The van der Waals surface area contributed by atoms with Gasteiger partial charge in [0.25, 0.3) is 5.91 Å². The molecule has 0 saturated heterocycles. The highest BCUT2D eigenvalue weighted by Gasteiger charge is 2.11. The van der Waals surface area contributed by atoms with Crippen molar-refractivity contribution < 1.29 is 13.9 Å². The molecule has 0 atom stereocenters. The Morgan fingerprint density at radius 2 is 1.85 bits per heavy atom. The van der Waals surface area contributed by atoms with Crippen LogP contribution in [-0.2, 0) is 0 Å². The number of nitrogens with zero attached hydrogens (tertiary/aromatic N) is 1. The first kappa shape index (κ1) is 17.4. The number of hydrogen-bond donors (Lipinski definition) is 2. The Hall–Kier alpha value is -3.41. The Balaban J connectivity index is 1.71. The van der Waals surface area contributed by atoms with Gasteiger partial charge in [-0.2, -0.15) is 0 Å². The van der Waals surface area contributed by atoms with Crippen molar-refractivity contribution in [1.82, 2.24) is 4.98 Å². The highest BCUT2D eigenvalue weighted by molar-refractivity contribution is 6.03. The Morgan fingerprint density at radius 1 is 1.08 bits per heavy atom. The normalized spacial score (nSPS) is 10.2. The Labute approximate surface area is 150 Å². The molecular weight excluding hydrogens is 333 g/mol. The molecule has 0 aliphatic rings. The Kier molecular flexibility index (Phi) is 5.43. The largest absolute Gasteiger partial charge is 0.494 e. The van der Waals surface area contributed by atoms with Crippen LogP contribution < -0.4 is 15.4 Å². The van der Waals surface area contributed by atoms with Gasteiger partial charge in [0.1, 0.15) is 17.3 Å². The van der Waals surface area contributed by atoms with Gasteiger partial charge in [0.2, 0.25) is 0 Å². The third kappa shape index (κ3) is 4.36. The molecule has 1 heterocycles. The van der Waals surface area contributed by atoms with Crippen molar-refractivity contribution in [2.24, 2.45) is 0 Å². The molecule has 2 N–H and O–H groups in total. The summed E-state index contributed by atoms with van der Waals surface area (Å²) in [5.74, 6) is -0.187. The van der Waals surface area contributed by atoms with Gasteiger partial charge in [-0.3, -0.25) is 9.78 Å². The number of amides is 1. The topological polar surface area (TPSA) is 63.2 Å². The number of benzene rings is 2. The summed E-state index contributed by atoms with van der Waals surface area (Å²) in [5.41, 5.74) is 1.84. The van der Waals surface area contributed by atoms with Gasteiger partial charge in [-0.05, 0) is 55.5 Å². The Bertz CT molecular complexity index is 898. The van der Waals surface area contributed by atoms with Gasteiger partial charge in [0.15, 0.2) is 0 Å². The number of anilines is 3. The third-order valence-electron chi connectivity index (χ3n) is 3.57. The second-order valence-corrected chi connectivity index (χ2v) is 5.45. The van der Waals surface area contributed by atoms with Gasteiger partial charge in [-0.25, -0.2) is 4.39 Å². The lowest BCUT2D eigenvalue weighted by atomic mass is 10.2. The van der Waals surface area contributed by atoms with Gasteiger partial charge >= 0.3 is 0 Å². The van der Waals surface area contributed by atoms with Crippen molar-refractivity contribution in [3.05, 3.63) is 78.4 Å². The van der Waals surface area contributed by atoms with Crippen LogP contribution in [0.1, 0.15) is 17.4 Å². The van der Waals surface area contributed by atoms with E-state index >= 15 is 0 Å². The molecule has 0 aliphatic heterocycles. The van der Waals surface area contributed by atoms with Crippen molar-refractivity contribution in [2.45, 2.75) is 6.92 Å². The van der Waals surface area contributed by atoms with Crippen LogP contribution >= 0.6 is 0 Å². The fourth-order valence-electron chi connectivity index (χ4n) is 2.35. The number of hydrogen-bond acceptors (Lipinski definition) is 4. The average Bonchev–Trinajstić information content (AvgIpc) is 2.66. The van der Waals surface area contributed by atoms with Crippen LogP contribution in [0.2, 0.25) is 0 Å². The van der Waals surface area contributed by atoms with Crippen molar-refractivity contribution in [1.29, 1.82) is 0 Å². The summed E-state index contributed by atoms with van der Waals surface area (Å²) >= 11 is 0. The molecule has 0 fully saturated rings. The maximum Gasteiger partial charge on any atom is 0.274 e. The van der Waals surface area contributed by atoms with Crippen molar-refractivity contribution in [3.8, 4) is 5.75 Å². The molecule has 0 unspecified atom stereocenters. The molecule has 6 heteroatoms. The summed E-state index contributed by atoms with van der Waals surface area (Å²) in [4.78, 5) is 16.4. The first-order valence-electron chi connectivity index (χ1n) is 8.17. The molecule has 0 radical (unpaired) electrons. The van der Waals surface area contributed by atoms with E-state index in [4.69, 9.17) is 4.74 Å².